The van der Waals surface area contributed by atoms with Crippen molar-refractivity contribution >= 4 is 34.0 Å². The topological polar surface area (TPSA) is 112 Å². The molecule has 1 aliphatic rings. The van der Waals surface area contributed by atoms with E-state index < -0.39 is 23.6 Å². The molecule has 2 aromatic rings. The van der Waals surface area contributed by atoms with Crippen LogP contribution in [0.2, 0.25) is 0 Å². The van der Waals surface area contributed by atoms with Crippen LogP contribution in [-0.2, 0) is 14.3 Å². The fraction of sp³-hybridized carbons (Fsp3) is 0.450. The Hall–Kier alpha value is -3.01. The van der Waals surface area contributed by atoms with Crippen LogP contribution < -0.4 is 9.64 Å². The quantitative estimate of drug-likeness (QED) is 0.354. The van der Waals surface area contributed by atoms with Crippen LogP contribution in [-0.4, -0.2) is 40.5 Å². The summed E-state index contributed by atoms with van der Waals surface area (Å²) in [6, 6.07) is 5.77. The van der Waals surface area contributed by atoms with Crippen LogP contribution in [0.1, 0.15) is 39.0 Å². The highest BCUT2D eigenvalue weighted by Crippen LogP contribution is 2.30. The van der Waals surface area contributed by atoms with Crippen molar-refractivity contribution in [1.29, 1.82) is 0 Å². The number of hydrogen-bond acceptors (Lipinski definition) is 8. The smallest absolute Gasteiger partial charge is 0.344 e. The Bertz CT molecular complexity index is 882. The highest BCUT2D eigenvalue weighted by atomic mass is 32.1. The molecule has 1 heterocycles. The molecule has 1 amide bonds. The molecule has 0 N–H and O–H groups in total. The molecule has 1 aliphatic carbocycles. The van der Waals surface area contributed by atoms with Crippen molar-refractivity contribution in [2.75, 3.05) is 11.5 Å². The highest BCUT2D eigenvalue weighted by Gasteiger charge is 2.33. The number of nitro benzene ring substituents is 1. The van der Waals surface area contributed by atoms with Gasteiger partial charge in [-0.2, -0.15) is 0 Å². The predicted molar refractivity (Wildman–Crippen MR) is 111 cm³/mol. The highest BCUT2D eigenvalue weighted by molar-refractivity contribution is 7.13. The minimum Gasteiger partial charge on any atom is -0.475 e. The Balaban J connectivity index is 1.62. The zero-order valence-electron chi connectivity index (χ0n) is 16.6. The molecule has 0 bridgehead atoms. The molecule has 160 valence electrons. The number of amides is 1. The first-order valence-electron chi connectivity index (χ1n) is 9.75. The SMILES string of the molecule is CC(OC(=O)COc1ccccc1[N+](=O)[O-])C(=O)N(c1nccs1)C1CCCCC1. The maximum atomic E-state index is 13.1. The normalized spacial score (nSPS) is 15.2. The Morgan fingerprint density at radius 3 is 2.70 bits per heavy atom. The van der Waals surface area contributed by atoms with E-state index >= 15 is 0 Å². The number of ether oxygens (including phenoxy) is 2. The summed E-state index contributed by atoms with van der Waals surface area (Å²) in [5, 5.41) is 13.4. The molecular formula is C20H23N3O6S. The Labute approximate surface area is 177 Å². The lowest BCUT2D eigenvalue weighted by Gasteiger charge is -2.33. The van der Waals surface area contributed by atoms with Crippen molar-refractivity contribution in [2.24, 2.45) is 0 Å². The van der Waals surface area contributed by atoms with E-state index in [0.717, 1.165) is 32.1 Å². The van der Waals surface area contributed by atoms with Gasteiger partial charge >= 0.3 is 11.7 Å². The molecule has 0 radical (unpaired) electrons. The van der Waals surface area contributed by atoms with Crippen LogP contribution in [0.5, 0.6) is 5.75 Å². The maximum absolute atomic E-state index is 13.1. The van der Waals surface area contributed by atoms with Gasteiger partial charge in [-0.1, -0.05) is 31.4 Å². The zero-order chi connectivity index (χ0) is 21.5. The van der Waals surface area contributed by atoms with Gasteiger partial charge < -0.3 is 9.47 Å². The van der Waals surface area contributed by atoms with E-state index in [1.165, 1.54) is 36.5 Å². The van der Waals surface area contributed by atoms with Crippen molar-refractivity contribution in [1.82, 2.24) is 4.98 Å². The Morgan fingerprint density at radius 1 is 1.30 bits per heavy atom. The van der Waals surface area contributed by atoms with Crippen molar-refractivity contribution in [3.63, 3.8) is 0 Å². The van der Waals surface area contributed by atoms with Crippen LogP contribution in [0.3, 0.4) is 0 Å². The van der Waals surface area contributed by atoms with Gasteiger partial charge in [0.15, 0.2) is 23.6 Å². The van der Waals surface area contributed by atoms with Gasteiger partial charge in [-0.25, -0.2) is 9.78 Å². The molecule has 0 spiro atoms. The number of nitro groups is 1. The van der Waals surface area contributed by atoms with Gasteiger partial charge in [0.2, 0.25) is 0 Å². The molecule has 3 rings (SSSR count). The second-order valence-corrected chi connectivity index (χ2v) is 7.83. The van der Waals surface area contributed by atoms with E-state index in [9.17, 15) is 19.7 Å². The van der Waals surface area contributed by atoms with Gasteiger partial charge in [-0.05, 0) is 25.8 Å². The van der Waals surface area contributed by atoms with Gasteiger partial charge in [-0.3, -0.25) is 19.8 Å². The minimum atomic E-state index is -1.03. The summed E-state index contributed by atoms with van der Waals surface area (Å²) in [6.45, 7) is 0.970. The van der Waals surface area contributed by atoms with Crippen LogP contribution in [0.4, 0.5) is 10.8 Å². The molecule has 0 saturated heterocycles. The number of anilines is 1. The Kier molecular flexibility index (Phi) is 7.34. The number of nitrogens with zero attached hydrogens (tertiary/aromatic N) is 3. The lowest BCUT2D eigenvalue weighted by Crippen LogP contribution is -2.47. The molecule has 1 unspecified atom stereocenters. The molecule has 10 heteroatoms. The summed E-state index contributed by atoms with van der Waals surface area (Å²) in [7, 11) is 0. The number of carbonyl (C=O) groups is 2. The first-order valence-corrected chi connectivity index (χ1v) is 10.6. The summed E-state index contributed by atoms with van der Waals surface area (Å²) >= 11 is 1.37. The monoisotopic (exact) mass is 433 g/mol. The van der Waals surface area contributed by atoms with Crippen molar-refractivity contribution < 1.29 is 24.0 Å². The number of aromatic nitrogens is 1. The number of thiazole rings is 1. The second-order valence-electron chi connectivity index (χ2n) is 6.96. The molecule has 0 aliphatic heterocycles. The fourth-order valence-electron chi connectivity index (χ4n) is 3.45. The van der Waals surface area contributed by atoms with Crippen LogP contribution in [0.15, 0.2) is 35.8 Å². The Morgan fingerprint density at radius 2 is 2.03 bits per heavy atom. The first-order chi connectivity index (χ1) is 14.5. The van der Waals surface area contributed by atoms with E-state index in [-0.39, 0.29) is 23.4 Å². The van der Waals surface area contributed by atoms with Crippen LogP contribution >= 0.6 is 11.3 Å². The number of hydrogen-bond donors (Lipinski definition) is 0. The molecule has 1 fully saturated rings. The van der Waals surface area contributed by atoms with Gasteiger partial charge in [-0.15, -0.1) is 11.3 Å². The number of esters is 1. The van der Waals surface area contributed by atoms with E-state index in [2.05, 4.69) is 4.98 Å². The van der Waals surface area contributed by atoms with Gasteiger partial charge in [0.25, 0.3) is 5.91 Å². The number of rotatable bonds is 8. The molecular weight excluding hydrogens is 410 g/mol. The molecule has 9 nitrogen and oxygen atoms in total. The van der Waals surface area contributed by atoms with Crippen molar-refractivity contribution in [2.45, 2.75) is 51.2 Å². The summed E-state index contributed by atoms with van der Waals surface area (Å²) < 4.78 is 10.5. The van der Waals surface area contributed by atoms with Gasteiger partial charge in [0.1, 0.15) is 0 Å². The number of benzene rings is 1. The second kappa shape index (κ2) is 10.1. The van der Waals surface area contributed by atoms with Gasteiger partial charge in [0.05, 0.1) is 4.92 Å². The average molecular weight is 433 g/mol. The average Bonchev–Trinajstić information content (AvgIpc) is 3.27. The standard InChI is InChI=1S/C20H23N3O6S/c1-14(29-18(24)13-28-17-10-6-5-9-16(17)23(26)27)19(25)22(20-21-11-12-30-20)15-7-3-2-4-8-15/h5-6,9-12,14-15H,2-4,7-8,13H2,1H3. The third-order valence-electron chi connectivity index (χ3n) is 4.87. The number of carbonyl (C=O) groups excluding carboxylic acids is 2. The predicted octanol–water partition coefficient (Wildman–Crippen LogP) is 3.73. The number of para-hydroxylation sites is 2. The van der Waals surface area contributed by atoms with Crippen LogP contribution in [0.25, 0.3) is 0 Å². The van der Waals surface area contributed by atoms with E-state index in [0.29, 0.717) is 5.13 Å². The third-order valence-corrected chi connectivity index (χ3v) is 5.64. The summed E-state index contributed by atoms with van der Waals surface area (Å²) in [5.74, 6) is -1.15. The minimum absolute atomic E-state index is 0.0294. The van der Waals surface area contributed by atoms with E-state index in [1.807, 2.05) is 0 Å². The summed E-state index contributed by atoms with van der Waals surface area (Å²) in [4.78, 5) is 41.6. The first kappa shape index (κ1) is 21.7. The summed E-state index contributed by atoms with van der Waals surface area (Å²) in [6.07, 6.45) is 5.59. The molecule has 30 heavy (non-hydrogen) atoms. The third kappa shape index (κ3) is 5.32. The largest absolute Gasteiger partial charge is 0.475 e. The molecule has 1 aromatic heterocycles. The maximum Gasteiger partial charge on any atom is 0.344 e. The van der Waals surface area contributed by atoms with Gasteiger partial charge in [0, 0.05) is 23.7 Å². The van der Waals surface area contributed by atoms with E-state index in [4.69, 9.17) is 9.47 Å². The van der Waals surface area contributed by atoms with Crippen molar-refractivity contribution in [3.8, 4) is 5.75 Å². The fourth-order valence-corrected chi connectivity index (χ4v) is 4.17. The molecule has 1 aromatic carbocycles. The molecule has 1 saturated carbocycles. The van der Waals surface area contributed by atoms with Crippen molar-refractivity contribution in [3.05, 3.63) is 46.0 Å². The van der Waals surface area contributed by atoms with Crippen LogP contribution in [0, 0.1) is 10.1 Å². The lowest BCUT2D eigenvalue weighted by atomic mass is 9.94. The summed E-state index contributed by atoms with van der Waals surface area (Å²) in [5.41, 5.74) is -0.248. The lowest BCUT2D eigenvalue weighted by molar-refractivity contribution is -0.385. The van der Waals surface area contributed by atoms with E-state index in [1.54, 1.807) is 22.5 Å². The molecule has 1 atom stereocenters. The zero-order valence-corrected chi connectivity index (χ0v) is 17.4.